The fraction of sp³-hybridized carbons (Fsp3) is 1.00. The van der Waals surface area contributed by atoms with E-state index in [2.05, 4.69) is 10.2 Å². The summed E-state index contributed by atoms with van der Waals surface area (Å²) < 4.78 is 5.38. The molecule has 1 unspecified atom stereocenters. The molecule has 1 fully saturated rings. The molecule has 1 rings (SSSR count). The van der Waals surface area contributed by atoms with Crippen molar-refractivity contribution in [3.63, 3.8) is 0 Å². The van der Waals surface area contributed by atoms with E-state index in [0.717, 1.165) is 39.3 Å². The first-order chi connectivity index (χ1) is 6.70. The van der Waals surface area contributed by atoms with Crippen molar-refractivity contribution in [3.05, 3.63) is 0 Å². The van der Waals surface area contributed by atoms with Crippen LogP contribution in [-0.4, -0.2) is 62.0 Å². The summed E-state index contributed by atoms with van der Waals surface area (Å²) in [5.74, 6) is 0. The zero-order valence-electron chi connectivity index (χ0n) is 9.25. The van der Waals surface area contributed by atoms with Crippen molar-refractivity contribution in [2.45, 2.75) is 18.9 Å². The summed E-state index contributed by atoms with van der Waals surface area (Å²) in [5.41, 5.74) is -0.190. The van der Waals surface area contributed by atoms with E-state index in [0.29, 0.717) is 0 Å². The van der Waals surface area contributed by atoms with Gasteiger partial charge >= 0.3 is 0 Å². The molecule has 1 aliphatic rings. The number of hydrogen-bond acceptors (Lipinski definition) is 4. The maximum atomic E-state index is 9.27. The van der Waals surface area contributed by atoms with Crippen LogP contribution in [0.2, 0.25) is 0 Å². The predicted molar refractivity (Wildman–Crippen MR) is 56.4 cm³/mol. The van der Waals surface area contributed by atoms with Gasteiger partial charge in [0.1, 0.15) is 0 Å². The minimum absolute atomic E-state index is 0.168. The van der Waals surface area contributed by atoms with Crippen molar-refractivity contribution in [1.29, 1.82) is 0 Å². The Balaban J connectivity index is 2.39. The molecule has 0 saturated carbocycles. The number of rotatable bonds is 4. The van der Waals surface area contributed by atoms with Crippen LogP contribution in [0.25, 0.3) is 0 Å². The molecule has 0 spiro atoms. The highest BCUT2D eigenvalue weighted by Gasteiger charge is 2.24. The number of aliphatic hydroxyl groups is 1. The predicted octanol–water partition coefficient (Wildman–Crippen LogP) is -0.321. The number of likely N-dealkylation sites (N-methyl/N-ethyl adjacent to an activating group) is 1. The molecule has 0 aromatic heterocycles. The molecule has 0 aromatic carbocycles. The van der Waals surface area contributed by atoms with Crippen molar-refractivity contribution < 1.29 is 9.84 Å². The normalized spacial score (nSPS) is 24.2. The zero-order chi connectivity index (χ0) is 10.4. The van der Waals surface area contributed by atoms with Gasteiger partial charge in [0, 0.05) is 26.2 Å². The Kier molecular flexibility index (Phi) is 4.81. The Labute approximate surface area is 86.2 Å². The quantitative estimate of drug-likeness (QED) is 0.656. The standard InChI is InChI=1S/C10H22N2O2/c1-10(9-13,11-2)8-12-4-3-6-14-7-5-12/h11,13H,3-9H2,1-2H3. The van der Waals surface area contributed by atoms with Crippen molar-refractivity contribution in [1.82, 2.24) is 10.2 Å². The van der Waals surface area contributed by atoms with Crippen LogP contribution in [0.1, 0.15) is 13.3 Å². The molecular weight excluding hydrogens is 180 g/mol. The van der Waals surface area contributed by atoms with Gasteiger partial charge in [-0.3, -0.25) is 4.90 Å². The largest absolute Gasteiger partial charge is 0.394 e. The maximum Gasteiger partial charge on any atom is 0.0623 e. The number of ether oxygens (including phenoxy) is 1. The van der Waals surface area contributed by atoms with Gasteiger partial charge in [0.25, 0.3) is 0 Å². The molecule has 0 radical (unpaired) electrons. The van der Waals surface area contributed by atoms with Crippen molar-refractivity contribution in [3.8, 4) is 0 Å². The van der Waals surface area contributed by atoms with Crippen LogP contribution in [0.3, 0.4) is 0 Å². The van der Waals surface area contributed by atoms with E-state index >= 15 is 0 Å². The first-order valence-electron chi connectivity index (χ1n) is 5.30. The number of hydrogen-bond donors (Lipinski definition) is 2. The maximum absolute atomic E-state index is 9.27. The van der Waals surface area contributed by atoms with Crippen LogP contribution in [0, 0.1) is 0 Å². The van der Waals surface area contributed by atoms with Crippen molar-refractivity contribution in [2.24, 2.45) is 0 Å². The summed E-state index contributed by atoms with van der Waals surface area (Å²) in [6, 6.07) is 0. The van der Waals surface area contributed by atoms with Gasteiger partial charge < -0.3 is 15.2 Å². The van der Waals surface area contributed by atoms with Crippen LogP contribution in [0.15, 0.2) is 0 Å². The van der Waals surface area contributed by atoms with Crippen LogP contribution in [0.5, 0.6) is 0 Å². The molecule has 0 amide bonds. The Hall–Kier alpha value is -0.160. The highest BCUT2D eigenvalue weighted by molar-refractivity contribution is 4.84. The Morgan fingerprint density at radius 1 is 1.43 bits per heavy atom. The third kappa shape index (κ3) is 3.53. The van der Waals surface area contributed by atoms with Gasteiger partial charge in [-0.1, -0.05) is 0 Å². The Bertz CT molecular complexity index is 152. The van der Waals surface area contributed by atoms with Gasteiger partial charge in [-0.2, -0.15) is 0 Å². The number of aliphatic hydroxyl groups excluding tert-OH is 1. The first kappa shape index (κ1) is 11.9. The SMILES string of the molecule is CNC(C)(CO)CN1CCCOCC1. The smallest absolute Gasteiger partial charge is 0.0623 e. The molecule has 4 heteroatoms. The molecule has 1 heterocycles. The summed E-state index contributed by atoms with van der Waals surface area (Å²) >= 11 is 0. The highest BCUT2D eigenvalue weighted by Crippen LogP contribution is 2.07. The van der Waals surface area contributed by atoms with E-state index in [1.54, 1.807) is 0 Å². The van der Waals surface area contributed by atoms with Gasteiger partial charge in [-0.25, -0.2) is 0 Å². The Morgan fingerprint density at radius 3 is 2.86 bits per heavy atom. The molecular formula is C10H22N2O2. The summed E-state index contributed by atoms with van der Waals surface area (Å²) in [4.78, 5) is 2.35. The lowest BCUT2D eigenvalue weighted by Gasteiger charge is -2.33. The molecule has 2 N–H and O–H groups in total. The average Bonchev–Trinajstić information content (AvgIpc) is 2.46. The Morgan fingerprint density at radius 2 is 2.21 bits per heavy atom. The number of nitrogens with one attached hydrogen (secondary N) is 1. The summed E-state index contributed by atoms with van der Waals surface area (Å²) in [6.07, 6.45) is 1.09. The van der Waals surface area contributed by atoms with Crippen LogP contribution >= 0.6 is 0 Å². The molecule has 4 nitrogen and oxygen atoms in total. The van der Waals surface area contributed by atoms with Gasteiger partial charge in [0.05, 0.1) is 18.8 Å². The second-order valence-electron chi connectivity index (χ2n) is 4.21. The van der Waals surface area contributed by atoms with Gasteiger partial charge in [0.2, 0.25) is 0 Å². The van der Waals surface area contributed by atoms with Gasteiger partial charge in [-0.05, 0) is 20.4 Å². The van der Waals surface area contributed by atoms with E-state index in [4.69, 9.17) is 4.74 Å². The molecule has 1 atom stereocenters. The third-order valence-electron chi connectivity index (χ3n) is 2.84. The second kappa shape index (κ2) is 5.66. The minimum Gasteiger partial charge on any atom is -0.394 e. The zero-order valence-corrected chi connectivity index (χ0v) is 9.25. The molecule has 1 saturated heterocycles. The monoisotopic (exact) mass is 202 g/mol. The van der Waals surface area contributed by atoms with E-state index in [9.17, 15) is 5.11 Å². The second-order valence-corrected chi connectivity index (χ2v) is 4.21. The molecule has 14 heavy (non-hydrogen) atoms. The molecule has 0 aliphatic carbocycles. The van der Waals surface area contributed by atoms with E-state index in [1.165, 1.54) is 0 Å². The van der Waals surface area contributed by atoms with Crippen LogP contribution < -0.4 is 5.32 Å². The fourth-order valence-corrected chi connectivity index (χ4v) is 1.66. The van der Waals surface area contributed by atoms with Gasteiger partial charge in [-0.15, -0.1) is 0 Å². The highest BCUT2D eigenvalue weighted by atomic mass is 16.5. The van der Waals surface area contributed by atoms with Crippen LogP contribution in [0.4, 0.5) is 0 Å². The minimum atomic E-state index is -0.190. The fourth-order valence-electron chi connectivity index (χ4n) is 1.66. The molecule has 84 valence electrons. The van der Waals surface area contributed by atoms with Crippen LogP contribution in [-0.2, 0) is 4.74 Å². The third-order valence-corrected chi connectivity index (χ3v) is 2.84. The van der Waals surface area contributed by atoms with E-state index < -0.39 is 0 Å². The summed E-state index contributed by atoms with van der Waals surface area (Å²) in [7, 11) is 1.89. The molecule has 1 aliphatic heterocycles. The number of nitrogens with zero attached hydrogens (tertiary/aromatic N) is 1. The van der Waals surface area contributed by atoms with E-state index in [-0.39, 0.29) is 12.1 Å². The van der Waals surface area contributed by atoms with Gasteiger partial charge in [0.15, 0.2) is 0 Å². The molecule has 0 aromatic rings. The first-order valence-corrected chi connectivity index (χ1v) is 5.30. The topological polar surface area (TPSA) is 44.7 Å². The van der Waals surface area contributed by atoms with E-state index in [1.807, 2.05) is 14.0 Å². The average molecular weight is 202 g/mol. The lowest BCUT2D eigenvalue weighted by Crippen LogP contribution is -2.53. The summed E-state index contributed by atoms with van der Waals surface area (Å²) in [6.45, 7) is 6.80. The lowest BCUT2D eigenvalue weighted by atomic mass is 10.0. The summed E-state index contributed by atoms with van der Waals surface area (Å²) in [5, 5.41) is 12.4. The van der Waals surface area contributed by atoms with Crippen molar-refractivity contribution >= 4 is 0 Å². The van der Waals surface area contributed by atoms with Crippen molar-refractivity contribution in [2.75, 3.05) is 46.5 Å². The molecule has 0 bridgehead atoms. The lowest BCUT2D eigenvalue weighted by molar-refractivity contribution is 0.113.